The Morgan fingerprint density at radius 2 is 2.06 bits per heavy atom. The number of esters is 1. The average Bonchev–Trinajstić information content (AvgIpc) is 2.42. The molecule has 1 aliphatic rings. The molecule has 0 spiro atoms. The topological polar surface area (TPSA) is 30.7 Å². The molecule has 1 heterocycles. The fourth-order valence-electron chi connectivity index (χ4n) is 2.97. The van der Waals surface area contributed by atoms with Gasteiger partial charge in [0.25, 0.3) is 0 Å². The zero-order valence-electron chi connectivity index (χ0n) is 11.2. The second-order valence-corrected chi connectivity index (χ2v) is 5.11. The van der Waals surface area contributed by atoms with E-state index in [4.69, 9.17) is 4.74 Å². The summed E-state index contributed by atoms with van der Waals surface area (Å²) in [7, 11) is 3.67. The number of likely N-dealkylation sites (N-methyl/N-ethyl adjacent to an activating group) is 1. The van der Waals surface area contributed by atoms with Gasteiger partial charge >= 0.3 is 5.97 Å². The van der Waals surface area contributed by atoms with Crippen LogP contribution in [-0.2, 0) is 9.53 Å². The van der Waals surface area contributed by atoms with Crippen molar-refractivity contribution < 1.29 is 14.4 Å². The first-order valence-electron chi connectivity index (χ1n) is 6.69. The van der Waals surface area contributed by atoms with Crippen LogP contribution in [-0.4, -0.2) is 32.7 Å². The molecule has 0 amide bonds. The van der Waals surface area contributed by atoms with Gasteiger partial charge in [0.15, 0.2) is 0 Å². The molecule has 3 atom stereocenters. The fourth-order valence-corrected chi connectivity index (χ4v) is 2.97. The molecule has 1 aliphatic heterocycles. The molecule has 18 heavy (non-hydrogen) atoms. The predicted octanol–water partition coefficient (Wildman–Crippen LogP) is 1.01. The molecule has 3 heteroatoms. The quantitative estimate of drug-likeness (QED) is 0.809. The van der Waals surface area contributed by atoms with Crippen molar-refractivity contribution in [2.45, 2.75) is 31.2 Å². The number of benzene rings is 1. The van der Waals surface area contributed by atoms with Crippen LogP contribution in [0.5, 0.6) is 0 Å². The monoisotopic (exact) mass is 248 g/mol. The van der Waals surface area contributed by atoms with Crippen molar-refractivity contribution >= 4 is 5.97 Å². The Bertz CT molecular complexity index is 391. The number of piperidine rings is 1. The van der Waals surface area contributed by atoms with Gasteiger partial charge in [-0.15, -0.1) is 0 Å². The van der Waals surface area contributed by atoms with Crippen molar-refractivity contribution in [3.05, 3.63) is 35.9 Å². The smallest absolute Gasteiger partial charge is 0.319 e. The van der Waals surface area contributed by atoms with Crippen LogP contribution in [0.25, 0.3) is 0 Å². The highest BCUT2D eigenvalue weighted by molar-refractivity contribution is 5.78. The molecule has 0 bridgehead atoms. The fraction of sp³-hybridized carbons (Fsp3) is 0.533. The number of methoxy groups -OCH3 is 1. The molecule has 1 aromatic rings. The highest BCUT2D eigenvalue weighted by Crippen LogP contribution is 2.24. The van der Waals surface area contributed by atoms with Crippen molar-refractivity contribution in [2.24, 2.45) is 0 Å². The molecule has 0 aromatic heterocycles. The van der Waals surface area contributed by atoms with E-state index in [9.17, 15) is 4.79 Å². The number of likely N-dealkylation sites (tertiary alicyclic amines) is 1. The van der Waals surface area contributed by atoms with E-state index in [0.29, 0.717) is 6.04 Å². The van der Waals surface area contributed by atoms with Crippen LogP contribution >= 0.6 is 0 Å². The molecule has 3 nitrogen and oxygen atoms in total. The number of rotatable bonds is 3. The molecule has 0 saturated carbocycles. The van der Waals surface area contributed by atoms with Crippen molar-refractivity contribution in [1.82, 2.24) is 0 Å². The lowest BCUT2D eigenvalue weighted by Crippen LogP contribution is -3.14. The molecule has 0 aliphatic carbocycles. The molecular weight excluding hydrogens is 226 g/mol. The third-order valence-corrected chi connectivity index (χ3v) is 3.99. The Morgan fingerprint density at radius 1 is 1.33 bits per heavy atom. The van der Waals surface area contributed by atoms with E-state index in [1.54, 1.807) is 0 Å². The van der Waals surface area contributed by atoms with Crippen LogP contribution in [0.3, 0.4) is 0 Å². The number of hydrogen-bond acceptors (Lipinski definition) is 2. The van der Waals surface area contributed by atoms with Gasteiger partial charge in [0.2, 0.25) is 0 Å². The number of ether oxygens (including phenoxy) is 1. The van der Waals surface area contributed by atoms with Gasteiger partial charge in [0.05, 0.1) is 20.7 Å². The van der Waals surface area contributed by atoms with E-state index in [-0.39, 0.29) is 11.9 Å². The number of carbonyl (C=O) groups is 1. The van der Waals surface area contributed by atoms with E-state index in [0.717, 1.165) is 18.5 Å². The van der Waals surface area contributed by atoms with Gasteiger partial charge in [0.1, 0.15) is 12.0 Å². The first kappa shape index (κ1) is 13.1. The molecule has 1 fully saturated rings. The zero-order chi connectivity index (χ0) is 13.0. The van der Waals surface area contributed by atoms with Crippen LogP contribution < -0.4 is 4.90 Å². The Kier molecular flexibility index (Phi) is 4.37. The average molecular weight is 248 g/mol. The van der Waals surface area contributed by atoms with Crippen molar-refractivity contribution in [2.75, 3.05) is 20.7 Å². The number of nitrogens with one attached hydrogen (secondary N) is 1. The van der Waals surface area contributed by atoms with Crippen molar-refractivity contribution in [3.63, 3.8) is 0 Å². The standard InChI is InChI=1S/C15H21NO2/c1-16-11-7-6-10-13(16)14(15(17)18-2)12-8-4-3-5-9-12/h3-5,8-9,13-14H,6-7,10-11H2,1-2H3/p+1/t13-,14+/m1/s1. The summed E-state index contributed by atoms with van der Waals surface area (Å²) >= 11 is 0. The summed E-state index contributed by atoms with van der Waals surface area (Å²) in [5, 5.41) is 0. The molecule has 0 radical (unpaired) electrons. The largest absolute Gasteiger partial charge is 0.468 e. The third-order valence-electron chi connectivity index (χ3n) is 3.99. The van der Waals surface area contributed by atoms with E-state index < -0.39 is 0 Å². The first-order valence-corrected chi connectivity index (χ1v) is 6.69. The number of carbonyl (C=O) groups excluding carboxylic acids is 1. The van der Waals surface area contributed by atoms with Gasteiger partial charge in [-0.2, -0.15) is 0 Å². The zero-order valence-corrected chi connectivity index (χ0v) is 11.2. The minimum Gasteiger partial charge on any atom is -0.468 e. The van der Waals surface area contributed by atoms with Gasteiger partial charge in [-0.1, -0.05) is 30.3 Å². The maximum atomic E-state index is 12.1. The minimum absolute atomic E-state index is 0.104. The first-order chi connectivity index (χ1) is 8.74. The minimum atomic E-state index is -0.128. The molecule has 1 aromatic carbocycles. The maximum Gasteiger partial charge on any atom is 0.319 e. The highest BCUT2D eigenvalue weighted by atomic mass is 16.5. The molecule has 98 valence electrons. The molecule has 1 saturated heterocycles. The van der Waals surface area contributed by atoms with E-state index in [2.05, 4.69) is 7.05 Å². The van der Waals surface area contributed by atoms with Gasteiger partial charge in [-0.3, -0.25) is 4.79 Å². The summed E-state index contributed by atoms with van der Waals surface area (Å²) in [6.07, 6.45) is 3.56. The SMILES string of the molecule is COC(=O)[C@@H](c1ccccc1)[C@H]1CCCC[NH+]1C. The van der Waals surface area contributed by atoms with E-state index >= 15 is 0 Å². The van der Waals surface area contributed by atoms with Crippen LogP contribution in [0.2, 0.25) is 0 Å². The Labute approximate surface area is 109 Å². The van der Waals surface area contributed by atoms with Gasteiger partial charge in [-0.05, 0) is 18.4 Å². The predicted molar refractivity (Wildman–Crippen MR) is 70.6 cm³/mol. The summed E-state index contributed by atoms with van der Waals surface area (Å²) in [5.74, 6) is -0.232. The van der Waals surface area contributed by atoms with Gasteiger partial charge in [0, 0.05) is 6.42 Å². The van der Waals surface area contributed by atoms with Gasteiger partial charge < -0.3 is 9.64 Å². The summed E-state index contributed by atoms with van der Waals surface area (Å²) in [6.45, 7) is 1.14. The summed E-state index contributed by atoms with van der Waals surface area (Å²) in [5.41, 5.74) is 1.08. The van der Waals surface area contributed by atoms with Crippen LogP contribution in [0.1, 0.15) is 30.7 Å². The maximum absolute atomic E-state index is 12.1. The van der Waals surface area contributed by atoms with E-state index in [1.807, 2.05) is 30.3 Å². The lowest BCUT2D eigenvalue weighted by molar-refractivity contribution is -0.912. The second kappa shape index (κ2) is 6.01. The summed E-state index contributed by atoms with van der Waals surface area (Å²) in [4.78, 5) is 13.6. The third kappa shape index (κ3) is 2.72. The Balaban J connectivity index is 2.27. The molecule has 1 N–H and O–H groups in total. The highest BCUT2D eigenvalue weighted by Gasteiger charge is 2.37. The summed E-state index contributed by atoms with van der Waals surface area (Å²) in [6, 6.07) is 10.4. The Hall–Kier alpha value is -1.35. The van der Waals surface area contributed by atoms with Crippen LogP contribution in [0, 0.1) is 0 Å². The molecule has 2 rings (SSSR count). The van der Waals surface area contributed by atoms with Crippen LogP contribution in [0.15, 0.2) is 30.3 Å². The van der Waals surface area contributed by atoms with E-state index in [1.165, 1.54) is 24.9 Å². The van der Waals surface area contributed by atoms with Gasteiger partial charge in [-0.25, -0.2) is 0 Å². The van der Waals surface area contributed by atoms with Crippen LogP contribution in [0.4, 0.5) is 0 Å². The Morgan fingerprint density at radius 3 is 2.67 bits per heavy atom. The summed E-state index contributed by atoms with van der Waals surface area (Å²) < 4.78 is 5.02. The molecule has 1 unspecified atom stereocenters. The van der Waals surface area contributed by atoms with Crippen molar-refractivity contribution in [1.29, 1.82) is 0 Å². The normalized spacial score (nSPS) is 25.4. The second-order valence-electron chi connectivity index (χ2n) is 5.11. The lowest BCUT2D eigenvalue weighted by atomic mass is 9.85. The molecular formula is C15H22NO2+. The number of hydrogen-bond donors (Lipinski definition) is 1. The lowest BCUT2D eigenvalue weighted by Gasteiger charge is -2.34. The number of quaternary nitrogens is 1. The van der Waals surface area contributed by atoms with Crippen molar-refractivity contribution in [3.8, 4) is 0 Å².